The number of hydrogen-bond donors (Lipinski definition) is 4. The van der Waals surface area contributed by atoms with Gasteiger partial charge in [-0.3, -0.25) is 4.79 Å². The largest absolute Gasteiger partial charge is 0.403 e. The van der Waals surface area contributed by atoms with Crippen LogP contribution in [0.3, 0.4) is 0 Å². The maximum Gasteiger partial charge on any atom is 0.403 e. The van der Waals surface area contributed by atoms with Gasteiger partial charge in [-0.05, 0) is 67.7 Å². The molecule has 1 saturated carbocycles. The molecule has 1 amide bonds. The molecule has 0 radical (unpaired) electrons. The van der Waals surface area contributed by atoms with Gasteiger partial charge >= 0.3 is 6.18 Å². The van der Waals surface area contributed by atoms with Gasteiger partial charge in [0, 0.05) is 20.2 Å². The Kier molecular flexibility index (Phi) is 8.51. The number of carbonyl (C=O) groups is 1. The first-order valence-electron chi connectivity index (χ1n) is 12.0. The van der Waals surface area contributed by atoms with E-state index in [0.717, 1.165) is 25.1 Å². The third kappa shape index (κ3) is 6.06. The van der Waals surface area contributed by atoms with E-state index in [4.69, 9.17) is 45.9 Å². The van der Waals surface area contributed by atoms with Crippen LogP contribution in [0.25, 0.3) is 0 Å². The molecule has 2 fully saturated rings. The van der Waals surface area contributed by atoms with E-state index in [1.54, 1.807) is 31.4 Å². The van der Waals surface area contributed by atoms with E-state index < -0.39 is 17.5 Å². The van der Waals surface area contributed by atoms with E-state index >= 15 is 0 Å². The molecular weight excluding hydrogens is 562 g/mol. The maximum atomic E-state index is 13.2. The summed E-state index contributed by atoms with van der Waals surface area (Å²) in [5, 5.41) is 9.48. The third-order valence-corrected chi connectivity index (χ3v) is 7.71. The number of rotatable bonds is 8. The number of nitrogens with one attached hydrogen (secondary N) is 3. The van der Waals surface area contributed by atoms with Gasteiger partial charge in [-0.25, -0.2) is 0 Å². The number of thiocarbonyl (C=S) groups is 1. The summed E-state index contributed by atoms with van der Waals surface area (Å²) in [7, 11) is 1.67. The lowest BCUT2D eigenvalue weighted by Gasteiger charge is -2.28. The number of nitrogens with two attached hydrogens (primary N) is 1. The summed E-state index contributed by atoms with van der Waals surface area (Å²) in [4.78, 5) is 14.4. The van der Waals surface area contributed by atoms with Crippen molar-refractivity contribution >= 4 is 69.2 Å². The zero-order valence-electron chi connectivity index (χ0n) is 20.6. The summed E-state index contributed by atoms with van der Waals surface area (Å²) >= 11 is 18.3. The summed E-state index contributed by atoms with van der Waals surface area (Å²) in [5.41, 5.74) is 6.64. The van der Waals surface area contributed by atoms with Crippen molar-refractivity contribution in [3.05, 3.63) is 45.9 Å². The first-order valence-corrected chi connectivity index (χ1v) is 13.2. The third-order valence-electron chi connectivity index (χ3n) is 6.87. The molecule has 7 nitrogen and oxygen atoms in total. The monoisotopic (exact) mass is 589 g/mol. The molecule has 1 atom stereocenters. The van der Waals surface area contributed by atoms with Gasteiger partial charge in [-0.15, -0.1) is 0 Å². The summed E-state index contributed by atoms with van der Waals surface area (Å²) < 4.78 is 44.9. The Balaban J connectivity index is 1.43. The van der Waals surface area contributed by atoms with Crippen molar-refractivity contribution in [2.24, 2.45) is 5.41 Å². The second kappa shape index (κ2) is 11.3. The number of benzene rings is 2. The topological polar surface area (TPSA) is 91.6 Å². The zero-order valence-corrected chi connectivity index (χ0v) is 22.9. The predicted octanol–water partition coefficient (Wildman–Crippen LogP) is 5.96. The molecule has 1 heterocycles. The quantitative estimate of drug-likeness (QED) is 0.223. The average Bonchev–Trinajstić information content (AvgIpc) is 3.56. The highest BCUT2D eigenvalue weighted by Crippen LogP contribution is 2.57. The lowest BCUT2D eigenvalue weighted by molar-refractivity contribution is -0.192. The Bertz CT molecular complexity index is 1230. The van der Waals surface area contributed by atoms with Crippen molar-refractivity contribution in [1.82, 2.24) is 5.32 Å². The van der Waals surface area contributed by atoms with Gasteiger partial charge < -0.3 is 31.3 Å². The Morgan fingerprint density at radius 1 is 1.18 bits per heavy atom. The van der Waals surface area contributed by atoms with Gasteiger partial charge in [0.05, 0.1) is 45.4 Å². The van der Waals surface area contributed by atoms with Crippen LogP contribution in [0, 0.1) is 5.41 Å². The highest BCUT2D eigenvalue weighted by atomic mass is 35.5. The number of methoxy groups -OCH3 is 1. The number of ether oxygens (including phenoxy) is 1. The fraction of sp³-hybridized carbons (Fsp3) is 0.440. The van der Waals surface area contributed by atoms with Gasteiger partial charge in [0.15, 0.2) is 5.11 Å². The number of nitrogens with zero attached hydrogens (tertiary/aromatic N) is 1. The number of hydrogen-bond acceptors (Lipinski definition) is 5. The number of carbonyl (C=O) groups excluding carboxylic acids is 1. The van der Waals surface area contributed by atoms with Crippen LogP contribution in [0.15, 0.2) is 30.3 Å². The average molecular weight is 590 g/mol. The lowest BCUT2D eigenvalue weighted by Crippen LogP contribution is -2.40. The second-order valence-electron chi connectivity index (χ2n) is 9.49. The minimum atomic E-state index is -4.56. The van der Waals surface area contributed by atoms with E-state index in [2.05, 4.69) is 20.9 Å². The van der Waals surface area contributed by atoms with Crippen LogP contribution >= 0.6 is 35.4 Å². The van der Waals surface area contributed by atoms with Crippen LogP contribution < -0.4 is 26.6 Å². The number of nitrogen functional groups attached to an aromatic ring is 1. The lowest BCUT2D eigenvalue weighted by atomic mass is 10.1. The zero-order chi connectivity index (χ0) is 27.7. The highest BCUT2D eigenvalue weighted by molar-refractivity contribution is 7.80. The van der Waals surface area contributed by atoms with Crippen LogP contribution in [0.2, 0.25) is 10.0 Å². The summed E-state index contributed by atoms with van der Waals surface area (Å²) in [5.74, 6) is -1.02. The van der Waals surface area contributed by atoms with Gasteiger partial charge in [-0.1, -0.05) is 29.3 Å². The van der Waals surface area contributed by atoms with Crippen molar-refractivity contribution < 1.29 is 22.7 Å². The molecule has 4 rings (SSSR count). The minimum absolute atomic E-state index is 0.0886. The van der Waals surface area contributed by atoms with Crippen molar-refractivity contribution in [2.45, 2.75) is 44.4 Å². The predicted molar refractivity (Wildman–Crippen MR) is 149 cm³/mol. The molecule has 1 aliphatic carbocycles. The molecule has 0 bridgehead atoms. The van der Waals surface area contributed by atoms with E-state index in [1.165, 1.54) is 0 Å². The Labute approximate surface area is 234 Å². The van der Waals surface area contributed by atoms with E-state index in [0.29, 0.717) is 39.3 Å². The first-order chi connectivity index (χ1) is 17.9. The van der Waals surface area contributed by atoms with Crippen molar-refractivity contribution in [1.29, 1.82) is 0 Å². The van der Waals surface area contributed by atoms with E-state index in [9.17, 15) is 18.0 Å². The molecule has 13 heteroatoms. The number of alkyl halides is 3. The smallest absolute Gasteiger partial charge is 0.397 e. The van der Waals surface area contributed by atoms with Crippen molar-refractivity contribution in [2.75, 3.05) is 41.5 Å². The van der Waals surface area contributed by atoms with Crippen LogP contribution in [-0.4, -0.2) is 43.5 Å². The van der Waals surface area contributed by atoms with Crippen LogP contribution in [0.1, 0.15) is 31.2 Å². The number of amides is 1. The molecule has 38 heavy (non-hydrogen) atoms. The van der Waals surface area contributed by atoms with E-state index in [1.807, 2.05) is 6.07 Å². The Morgan fingerprint density at radius 2 is 1.89 bits per heavy atom. The molecule has 0 unspecified atom stereocenters. The minimum Gasteiger partial charge on any atom is -0.397 e. The summed E-state index contributed by atoms with van der Waals surface area (Å²) in [6.07, 6.45) is -2.95. The Hall–Kier alpha value is -2.47. The van der Waals surface area contributed by atoms with Crippen molar-refractivity contribution in [3.63, 3.8) is 0 Å². The van der Waals surface area contributed by atoms with Crippen LogP contribution in [0.4, 0.5) is 35.9 Å². The standard InChI is InChI=1S/C25H28Cl2F3N5O2S/c1-37-13-15-3-2-8-35(15)21-11-20(18(31)10-17(21)27)34-23(38)33-19-9-14(4-5-16(19)26)12-32-22(36)24(6-7-24)25(28,29)30/h4-5,9-11,15H,2-3,6-8,12-13,31H2,1H3,(H,32,36)(H2,33,34,38)/t15-/m0/s1. The van der Waals surface area contributed by atoms with Gasteiger partial charge in [-0.2, -0.15) is 13.2 Å². The van der Waals surface area contributed by atoms with Gasteiger partial charge in [0.1, 0.15) is 5.41 Å². The van der Waals surface area contributed by atoms with E-state index in [-0.39, 0.29) is 30.5 Å². The SMILES string of the molecule is COC[C@@H]1CCCN1c1cc(NC(=S)Nc2cc(CNC(=O)C3(C(F)(F)F)CC3)ccc2Cl)c(N)cc1Cl. The first kappa shape index (κ1) is 28.5. The molecule has 206 valence electrons. The Morgan fingerprint density at radius 3 is 2.55 bits per heavy atom. The molecule has 0 spiro atoms. The summed E-state index contributed by atoms with van der Waals surface area (Å²) in [6.45, 7) is 1.33. The molecule has 2 aromatic carbocycles. The van der Waals surface area contributed by atoms with Crippen LogP contribution in [-0.2, 0) is 16.1 Å². The molecule has 1 saturated heterocycles. The van der Waals surface area contributed by atoms with Crippen LogP contribution in [0.5, 0.6) is 0 Å². The molecule has 1 aliphatic heterocycles. The molecular formula is C25H28Cl2F3N5O2S. The molecule has 2 aromatic rings. The fourth-order valence-electron chi connectivity index (χ4n) is 4.59. The highest BCUT2D eigenvalue weighted by Gasteiger charge is 2.68. The maximum absolute atomic E-state index is 13.2. The van der Waals surface area contributed by atoms with Gasteiger partial charge in [0.2, 0.25) is 5.91 Å². The van der Waals surface area contributed by atoms with Gasteiger partial charge in [0.25, 0.3) is 0 Å². The summed E-state index contributed by atoms with van der Waals surface area (Å²) in [6, 6.07) is 8.50. The molecule has 0 aromatic heterocycles. The number of anilines is 4. The number of halogens is 5. The normalized spacial score (nSPS) is 18.3. The molecule has 2 aliphatic rings. The molecule has 5 N–H and O–H groups in total. The fourth-order valence-corrected chi connectivity index (χ4v) is 5.26. The second-order valence-corrected chi connectivity index (χ2v) is 10.7. The van der Waals surface area contributed by atoms with Crippen molar-refractivity contribution in [3.8, 4) is 0 Å².